The average Bonchev–Trinajstić information content (AvgIpc) is 3.38. The van der Waals surface area contributed by atoms with E-state index >= 15 is 0 Å². The van der Waals surface area contributed by atoms with Gasteiger partial charge in [0.05, 0.1) is 0 Å². The number of allylic oxidation sites excluding steroid dienone is 3. The first-order valence-electron chi connectivity index (χ1n) is 13.4. The van der Waals surface area contributed by atoms with Gasteiger partial charge < -0.3 is 0 Å². The van der Waals surface area contributed by atoms with Crippen LogP contribution in [0.3, 0.4) is 0 Å². The lowest BCUT2D eigenvalue weighted by molar-refractivity contribution is -0.0198. The van der Waals surface area contributed by atoms with Gasteiger partial charge >= 0.3 is 0 Å². The predicted octanol–water partition coefficient (Wildman–Crippen LogP) is 9.61. The molecule has 0 heteroatoms. The second kappa shape index (κ2) is 8.78. The van der Waals surface area contributed by atoms with Gasteiger partial charge in [-0.15, -0.1) is 0 Å². The monoisotopic (exact) mass is 412 g/mol. The molecule has 0 aromatic heterocycles. The molecule has 0 amide bonds. The molecular weight excluding hydrogens is 360 g/mol. The largest absolute Gasteiger partial charge is 0.0990 e. The van der Waals surface area contributed by atoms with E-state index in [-0.39, 0.29) is 0 Å². The SMILES string of the molecule is C=C1C(C)CC2C3CC=C4CC5(CC5)CCC4(C)C3CCC12C.CC(C)C.CCC. The second-order valence-corrected chi connectivity index (χ2v) is 13.0. The zero-order valence-electron chi connectivity index (χ0n) is 21.7. The normalized spacial score (nSPS) is 42.7. The van der Waals surface area contributed by atoms with E-state index in [1.165, 1.54) is 64.2 Å². The molecule has 0 bridgehead atoms. The van der Waals surface area contributed by atoms with Crippen LogP contribution in [0.25, 0.3) is 0 Å². The molecule has 0 aromatic carbocycles. The van der Waals surface area contributed by atoms with Crippen molar-refractivity contribution in [3.63, 3.8) is 0 Å². The Morgan fingerprint density at radius 3 is 2.10 bits per heavy atom. The zero-order chi connectivity index (χ0) is 22.3. The summed E-state index contributed by atoms with van der Waals surface area (Å²) in [6.45, 7) is 22.9. The van der Waals surface area contributed by atoms with E-state index in [4.69, 9.17) is 0 Å². The van der Waals surface area contributed by atoms with Gasteiger partial charge in [-0.3, -0.25) is 0 Å². The summed E-state index contributed by atoms with van der Waals surface area (Å²) in [5, 5.41) is 0. The summed E-state index contributed by atoms with van der Waals surface area (Å²) >= 11 is 0. The number of fused-ring (bicyclic) bond motifs is 5. The first kappa shape index (κ1) is 24.1. The van der Waals surface area contributed by atoms with Gasteiger partial charge in [0.1, 0.15) is 0 Å². The van der Waals surface area contributed by atoms with Gasteiger partial charge in [0.25, 0.3) is 0 Å². The number of hydrogen-bond donors (Lipinski definition) is 0. The Morgan fingerprint density at radius 1 is 0.967 bits per heavy atom. The van der Waals surface area contributed by atoms with Crippen LogP contribution < -0.4 is 0 Å². The van der Waals surface area contributed by atoms with Crippen LogP contribution in [0.15, 0.2) is 23.8 Å². The van der Waals surface area contributed by atoms with E-state index in [1.54, 1.807) is 5.57 Å². The molecule has 6 atom stereocenters. The van der Waals surface area contributed by atoms with E-state index in [9.17, 15) is 0 Å². The topological polar surface area (TPSA) is 0 Å². The molecule has 0 aromatic rings. The van der Waals surface area contributed by atoms with Gasteiger partial charge in [0, 0.05) is 0 Å². The molecule has 0 saturated heterocycles. The van der Waals surface area contributed by atoms with E-state index in [2.05, 4.69) is 68.0 Å². The van der Waals surface area contributed by atoms with Crippen molar-refractivity contribution in [3.8, 4) is 0 Å². The highest BCUT2D eigenvalue weighted by Gasteiger charge is 2.60. The minimum atomic E-state index is 0.453. The zero-order valence-corrected chi connectivity index (χ0v) is 21.7. The van der Waals surface area contributed by atoms with Crippen molar-refractivity contribution in [3.05, 3.63) is 23.8 Å². The summed E-state index contributed by atoms with van der Waals surface area (Å²) < 4.78 is 0. The van der Waals surface area contributed by atoms with Crippen molar-refractivity contribution in [1.82, 2.24) is 0 Å². The molecule has 0 heterocycles. The van der Waals surface area contributed by atoms with Gasteiger partial charge in [0.15, 0.2) is 0 Å². The minimum absolute atomic E-state index is 0.453. The van der Waals surface area contributed by atoms with Gasteiger partial charge in [-0.05, 0) is 104 Å². The molecule has 5 rings (SSSR count). The molecule has 5 aliphatic rings. The maximum atomic E-state index is 4.54. The van der Waals surface area contributed by atoms with Crippen LogP contribution in [0.5, 0.6) is 0 Å². The molecule has 6 unspecified atom stereocenters. The van der Waals surface area contributed by atoms with Gasteiger partial charge in [-0.2, -0.15) is 0 Å². The van der Waals surface area contributed by atoms with Crippen molar-refractivity contribution in [1.29, 1.82) is 0 Å². The van der Waals surface area contributed by atoms with E-state index in [0.29, 0.717) is 10.8 Å². The Balaban J connectivity index is 0.000000324. The van der Waals surface area contributed by atoms with Crippen LogP contribution in [0.2, 0.25) is 0 Å². The smallest absolute Gasteiger partial charge is 0.00849 e. The van der Waals surface area contributed by atoms with E-state index < -0.39 is 0 Å². The van der Waals surface area contributed by atoms with Crippen LogP contribution in [0, 0.1) is 45.8 Å². The van der Waals surface area contributed by atoms with Gasteiger partial charge in [0.2, 0.25) is 0 Å². The van der Waals surface area contributed by atoms with Crippen LogP contribution in [0.1, 0.15) is 120 Å². The van der Waals surface area contributed by atoms with E-state index in [1.807, 2.05) is 5.57 Å². The van der Waals surface area contributed by atoms with Crippen LogP contribution in [-0.4, -0.2) is 0 Å². The predicted molar refractivity (Wildman–Crippen MR) is 134 cm³/mol. The van der Waals surface area contributed by atoms with Gasteiger partial charge in [-0.1, -0.05) is 85.6 Å². The third-order valence-corrected chi connectivity index (χ3v) is 9.65. The molecule has 0 nitrogen and oxygen atoms in total. The molecule has 0 aliphatic heterocycles. The molecule has 172 valence electrons. The Bertz CT molecular complexity index is 644. The molecule has 4 saturated carbocycles. The molecule has 0 N–H and O–H groups in total. The van der Waals surface area contributed by atoms with Crippen molar-refractivity contribution >= 4 is 0 Å². The Labute approximate surface area is 189 Å². The molecule has 5 aliphatic carbocycles. The highest BCUT2D eigenvalue weighted by molar-refractivity contribution is 5.31. The molecule has 4 fully saturated rings. The van der Waals surface area contributed by atoms with Gasteiger partial charge in [-0.25, -0.2) is 0 Å². The lowest BCUT2D eigenvalue weighted by atomic mass is 9.47. The number of rotatable bonds is 0. The van der Waals surface area contributed by atoms with Crippen molar-refractivity contribution in [2.75, 3.05) is 0 Å². The Morgan fingerprint density at radius 2 is 1.53 bits per heavy atom. The summed E-state index contributed by atoms with van der Waals surface area (Å²) in [5.41, 5.74) is 5.25. The molecule has 0 radical (unpaired) electrons. The fourth-order valence-corrected chi connectivity index (χ4v) is 7.64. The van der Waals surface area contributed by atoms with Crippen molar-refractivity contribution in [2.24, 2.45) is 45.8 Å². The molecular formula is C30H52. The van der Waals surface area contributed by atoms with Crippen LogP contribution in [-0.2, 0) is 0 Å². The number of hydrogen-bond acceptors (Lipinski definition) is 0. The third-order valence-electron chi connectivity index (χ3n) is 9.65. The Hall–Kier alpha value is -0.520. The average molecular weight is 413 g/mol. The lowest BCUT2D eigenvalue weighted by Crippen LogP contribution is -2.49. The molecule has 1 spiro atoms. The standard InChI is InChI=1S/C23H34.C4H10.C3H8/c1-15-13-20-18-6-5-17-14-23(11-12-23)10-9-22(17,4)19(18)7-8-21(20,3)16(15)2;1-4(2)3;1-3-2/h5,15,18-20H,2,6-14H2,1,3-4H3;4H,1-3H3;3H2,1-2H3. The summed E-state index contributed by atoms with van der Waals surface area (Å²) in [6.07, 6.45) is 17.2. The minimum Gasteiger partial charge on any atom is -0.0990 e. The third kappa shape index (κ3) is 4.23. The fraction of sp³-hybridized carbons (Fsp3) is 0.867. The molecule has 30 heavy (non-hydrogen) atoms. The quantitative estimate of drug-likeness (QED) is 0.347. The first-order chi connectivity index (χ1) is 14.0. The maximum Gasteiger partial charge on any atom is -0.00849 e. The van der Waals surface area contributed by atoms with Crippen LogP contribution >= 0.6 is 0 Å². The first-order valence-corrected chi connectivity index (χ1v) is 13.4. The van der Waals surface area contributed by atoms with Crippen molar-refractivity contribution in [2.45, 2.75) is 120 Å². The van der Waals surface area contributed by atoms with E-state index in [0.717, 1.165) is 35.0 Å². The van der Waals surface area contributed by atoms with Crippen molar-refractivity contribution < 1.29 is 0 Å². The summed E-state index contributed by atoms with van der Waals surface area (Å²) in [5.74, 6) is 4.41. The second-order valence-electron chi connectivity index (χ2n) is 13.0. The highest BCUT2D eigenvalue weighted by Crippen LogP contribution is 2.70. The summed E-state index contributed by atoms with van der Waals surface area (Å²) in [7, 11) is 0. The maximum absolute atomic E-state index is 4.54. The summed E-state index contributed by atoms with van der Waals surface area (Å²) in [4.78, 5) is 0. The summed E-state index contributed by atoms with van der Waals surface area (Å²) in [6, 6.07) is 0. The fourth-order valence-electron chi connectivity index (χ4n) is 7.64. The highest BCUT2D eigenvalue weighted by atomic mass is 14.6. The van der Waals surface area contributed by atoms with Crippen LogP contribution in [0.4, 0.5) is 0 Å². The lowest BCUT2D eigenvalue weighted by Gasteiger charge is -2.57. The Kier molecular flexibility index (Phi) is 7.07.